The van der Waals surface area contributed by atoms with Gasteiger partial charge in [0.05, 0.1) is 0 Å². The van der Waals surface area contributed by atoms with Gasteiger partial charge in [0.25, 0.3) is 0 Å². The molecule has 0 aromatic heterocycles. The fraction of sp³-hybridized carbons (Fsp3) is 0.667. The lowest BCUT2D eigenvalue weighted by Crippen LogP contribution is -2.39. The third-order valence-corrected chi connectivity index (χ3v) is 5.14. The molecule has 4 heteroatoms. The van der Waals surface area contributed by atoms with Crippen molar-refractivity contribution in [3.05, 3.63) is 23.3 Å². The van der Waals surface area contributed by atoms with Gasteiger partial charge in [0.15, 0.2) is 11.5 Å². The van der Waals surface area contributed by atoms with Crippen molar-refractivity contribution in [3.8, 4) is 11.5 Å². The minimum absolute atomic E-state index is 0.671. The topological polar surface area (TPSA) is 24.9 Å². The molecule has 4 rings (SSSR count). The van der Waals surface area contributed by atoms with Gasteiger partial charge in [-0.15, -0.1) is 0 Å². The van der Waals surface area contributed by atoms with Crippen molar-refractivity contribution in [1.29, 1.82) is 0 Å². The van der Waals surface area contributed by atoms with Crippen molar-refractivity contribution < 1.29 is 9.47 Å². The summed E-state index contributed by atoms with van der Waals surface area (Å²) in [6, 6.07) is 4.41. The zero-order valence-corrected chi connectivity index (χ0v) is 13.4. The molecule has 0 radical (unpaired) electrons. The van der Waals surface area contributed by atoms with Gasteiger partial charge in [-0.1, -0.05) is 6.42 Å². The van der Waals surface area contributed by atoms with Crippen LogP contribution in [0.2, 0.25) is 0 Å². The quantitative estimate of drug-likeness (QED) is 0.855. The van der Waals surface area contributed by atoms with E-state index in [9.17, 15) is 0 Å². The Morgan fingerprint density at radius 1 is 0.773 bits per heavy atom. The van der Waals surface area contributed by atoms with Gasteiger partial charge < -0.3 is 14.4 Å². The Balaban J connectivity index is 1.38. The first-order valence-electron chi connectivity index (χ1n) is 8.74. The van der Waals surface area contributed by atoms with Crippen molar-refractivity contribution in [2.45, 2.75) is 32.2 Å². The third kappa shape index (κ3) is 3.08. The van der Waals surface area contributed by atoms with Crippen LogP contribution in [0.25, 0.3) is 0 Å². The van der Waals surface area contributed by atoms with E-state index in [0.29, 0.717) is 13.2 Å². The van der Waals surface area contributed by atoms with Gasteiger partial charge in [0.2, 0.25) is 0 Å². The fourth-order valence-corrected chi connectivity index (χ4v) is 3.81. The summed E-state index contributed by atoms with van der Waals surface area (Å²) in [4.78, 5) is 5.22. The summed E-state index contributed by atoms with van der Waals surface area (Å²) in [6.07, 6.45) is 5.31. The summed E-state index contributed by atoms with van der Waals surface area (Å²) >= 11 is 0. The number of hydrogen-bond donors (Lipinski definition) is 0. The Morgan fingerprint density at radius 3 is 2.23 bits per heavy atom. The highest BCUT2D eigenvalue weighted by Crippen LogP contribution is 2.35. The first-order chi connectivity index (χ1) is 10.9. The van der Waals surface area contributed by atoms with Crippen LogP contribution in [-0.4, -0.2) is 55.7 Å². The van der Waals surface area contributed by atoms with Gasteiger partial charge in [-0.25, -0.2) is 0 Å². The fourth-order valence-electron chi connectivity index (χ4n) is 3.81. The second-order valence-electron chi connectivity index (χ2n) is 6.69. The van der Waals surface area contributed by atoms with E-state index in [1.54, 1.807) is 0 Å². The molecule has 0 spiro atoms. The highest BCUT2D eigenvalue weighted by atomic mass is 16.6. The first kappa shape index (κ1) is 14.3. The molecule has 1 saturated heterocycles. The zero-order valence-electron chi connectivity index (χ0n) is 13.4. The number of hydrogen-bond acceptors (Lipinski definition) is 4. The molecule has 0 bridgehead atoms. The summed E-state index contributed by atoms with van der Waals surface area (Å²) in [5.74, 6) is 1.87. The molecule has 1 fully saturated rings. The molecule has 4 nitrogen and oxygen atoms in total. The summed E-state index contributed by atoms with van der Waals surface area (Å²) in [5.41, 5.74) is 2.87. The van der Waals surface area contributed by atoms with Crippen molar-refractivity contribution in [3.63, 3.8) is 0 Å². The van der Waals surface area contributed by atoms with Crippen LogP contribution in [0.5, 0.6) is 11.5 Å². The maximum atomic E-state index is 5.73. The van der Waals surface area contributed by atoms with Crippen molar-refractivity contribution in [2.75, 3.05) is 45.9 Å². The molecule has 1 aromatic rings. The normalized spacial score (nSPS) is 22.4. The highest BCUT2D eigenvalue weighted by molar-refractivity contribution is 5.48. The van der Waals surface area contributed by atoms with E-state index in [1.807, 2.05) is 0 Å². The number of benzene rings is 1. The molecule has 120 valence electrons. The number of likely N-dealkylation sites (tertiary alicyclic amines) is 1. The molecular weight excluding hydrogens is 276 g/mol. The van der Waals surface area contributed by atoms with E-state index in [2.05, 4.69) is 21.9 Å². The molecule has 0 aliphatic carbocycles. The largest absolute Gasteiger partial charge is 0.486 e. The van der Waals surface area contributed by atoms with Crippen LogP contribution in [0, 0.1) is 0 Å². The Labute approximate surface area is 133 Å². The molecule has 0 atom stereocenters. The zero-order chi connectivity index (χ0) is 14.8. The molecule has 0 saturated carbocycles. The average Bonchev–Trinajstić information content (AvgIpc) is 2.59. The van der Waals surface area contributed by atoms with Crippen LogP contribution in [0.1, 0.15) is 30.4 Å². The second kappa shape index (κ2) is 6.47. The number of fused-ring (bicyclic) bond motifs is 2. The van der Waals surface area contributed by atoms with Gasteiger partial charge in [-0.2, -0.15) is 0 Å². The van der Waals surface area contributed by atoms with E-state index >= 15 is 0 Å². The van der Waals surface area contributed by atoms with Crippen molar-refractivity contribution in [2.24, 2.45) is 0 Å². The lowest BCUT2D eigenvalue weighted by atomic mass is 9.98. The summed E-state index contributed by atoms with van der Waals surface area (Å²) < 4.78 is 11.4. The van der Waals surface area contributed by atoms with Gasteiger partial charge in [-0.05, 0) is 55.6 Å². The Bertz CT molecular complexity index is 526. The van der Waals surface area contributed by atoms with Crippen LogP contribution in [0.15, 0.2) is 12.1 Å². The molecule has 3 aliphatic heterocycles. The number of ether oxygens (including phenoxy) is 2. The summed E-state index contributed by atoms with van der Waals surface area (Å²) in [6.45, 7) is 8.57. The summed E-state index contributed by atoms with van der Waals surface area (Å²) in [5, 5.41) is 0. The number of nitrogens with zero attached hydrogens (tertiary/aromatic N) is 2. The van der Waals surface area contributed by atoms with Gasteiger partial charge >= 0.3 is 0 Å². The van der Waals surface area contributed by atoms with Gasteiger partial charge in [-0.3, -0.25) is 4.90 Å². The predicted octanol–water partition coefficient (Wildman–Crippen LogP) is 2.30. The van der Waals surface area contributed by atoms with Crippen molar-refractivity contribution >= 4 is 0 Å². The molecule has 0 amide bonds. The molecule has 0 unspecified atom stereocenters. The smallest absolute Gasteiger partial charge is 0.161 e. The molecular formula is C18H26N2O2. The van der Waals surface area contributed by atoms with Crippen LogP contribution in [0.4, 0.5) is 0 Å². The van der Waals surface area contributed by atoms with Crippen LogP contribution in [0.3, 0.4) is 0 Å². The lowest BCUT2D eigenvalue weighted by molar-refractivity contribution is 0.165. The van der Waals surface area contributed by atoms with Gasteiger partial charge in [0, 0.05) is 26.2 Å². The standard InChI is InChI=1S/C18H26N2O2/c1-2-5-19(6-3-1)8-9-20-7-4-15-12-17-18(13-16(15)14-20)22-11-10-21-17/h12-13H,1-11,14H2. The SMILES string of the molecule is c1c2c(cc3c1OCCO3)CN(CCN1CCCCC1)CC2. The minimum atomic E-state index is 0.671. The number of piperidine rings is 1. The van der Waals surface area contributed by atoms with Crippen LogP contribution in [-0.2, 0) is 13.0 Å². The van der Waals surface area contributed by atoms with Crippen molar-refractivity contribution in [1.82, 2.24) is 9.80 Å². The maximum Gasteiger partial charge on any atom is 0.161 e. The molecule has 0 N–H and O–H groups in total. The molecule has 22 heavy (non-hydrogen) atoms. The average molecular weight is 302 g/mol. The summed E-state index contributed by atoms with van der Waals surface area (Å²) in [7, 11) is 0. The molecule has 3 heterocycles. The minimum Gasteiger partial charge on any atom is -0.486 e. The number of rotatable bonds is 3. The maximum absolute atomic E-state index is 5.73. The van der Waals surface area contributed by atoms with Crippen LogP contribution >= 0.6 is 0 Å². The Morgan fingerprint density at radius 2 is 1.45 bits per heavy atom. The second-order valence-corrected chi connectivity index (χ2v) is 6.69. The van der Waals surface area contributed by atoms with E-state index < -0.39 is 0 Å². The van der Waals surface area contributed by atoms with E-state index in [1.165, 1.54) is 63.1 Å². The predicted molar refractivity (Wildman–Crippen MR) is 86.7 cm³/mol. The molecule has 3 aliphatic rings. The first-order valence-corrected chi connectivity index (χ1v) is 8.74. The van der Waals surface area contributed by atoms with E-state index in [0.717, 1.165) is 24.5 Å². The van der Waals surface area contributed by atoms with E-state index in [4.69, 9.17) is 9.47 Å². The van der Waals surface area contributed by atoms with Crippen LogP contribution < -0.4 is 9.47 Å². The Kier molecular flexibility index (Phi) is 4.22. The van der Waals surface area contributed by atoms with Gasteiger partial charge in [0.1, 0.15) is 13.2 Å². The highest BCUT2D eigenvalue weighted by Gasteiger charge is 2.21. The monoisotopic (exact) mass is 302 g/mol. The Hall–Kier alpha value is -1.26. The van der Waals surface area contributed by atoms with E-state index in [-0.39, 0.29) is 0 Å². The molecule has 1 aromatic carbocycles. The third-order valence-electron chi connectivity index (χ3n) is 5.14. The lowest BCUT2D eigenvalue weighted by Gasteiger charge is -2.33.